The molecule has 0 aliphatic heterocycles. The van der Waals surface area contributed by atoms with Crippen LogP contribution in [-0.4, -0.2) is 39.9 Å². The van der Waals surface area contributed by atoms with Crippen molar-refractivity contribution in [2.45, 2.75) is 17.9 Å². The van der Waals surface area contributed by atoms with Crippen LogP contribution in [0.15, 0.2) is 89.8 Å². The van der Waals surface area contributed by atoms with Gasteiger partial charge in [-0.1, -0.05) is 48.5 Å². The van der Waals surface area contributed by atoms with Crippen LogP contribution in [0.2, 0.25) is 0 Å². The molecule has 3 aromatic carbocycles. The molecule has 0 bridgehead atoms. The van der Waals surface area contributed by atoms with Gasteiger partial charge in [-0.2, -0.15) is 0 Å². The van der Waals surface area contributed by atoms with E-state index in [1.165, 1.54) is 35.6 Å². The Morgan fingerprint density at radius 3 is 2.00 bits per heavy atom. The number of para-hydroxylation sites is 1. The highest BCUT2D eigenvalue weighted by atomic mass is 32.2. The fourth-order valence-corrected chi connectivity index (χ4v) is 4.77. The number of hydrogen-bond donors (Lipinski definition) is 2. The highest BCUT2D eigenvalue weighted by Crippen LogP contribution is 2.24. The Morgan fingerprint density at radius 1 is 0.886 bits per heavy atom. The standard InChI is InChI=1S/C25H25N3O6S/c1-3-28(20-12-8-5-9-13-20)35(32,33)21-16-14-19(15-17-21)24(30)34-22(18-10-6-4-7-11-18)23(29)27-25(31)26-2/h4-17,22H,3H2,1-2H3,(H2,26,27,29,31)/t22-/m1/s1. The van der Waals surface area contributed by atoms with Gasteiger partial charge in [0.25, 0.3) is 15.9 Å². The molecule has 0 unspecified atom stereocenters. The number of nitrogens with one attached hydrogen (secondary N) is 2. The van der Waals surface area contributed by atoms with E-state index in [1.807, 2.05) is 0 Å². The number of imide groups is 1. The molecule has 2 N–H and O–H groups in total. The highest BCUT2D eigenvalue weighted by Gasteiger charge is 2.28. The summed E-state index contributed by atoms with van der Waals surface area (Å²) in [5.41, 5.74) is 0.926. The molecule has 0 saturated heterocycles. The van der Waals surface area contributed by atoms with Crippen LogP contribution in [0.4, 0.5) is 10.5 Å². The third kappa shape index (κ3) is 6.04. The lowest BCUT2D eigenvalue weighted by Gasteiger charge is -2.23. The summed E-state index contributed by atoms with van der Waals surface area (Å²) in [6.45, 7) is 1.94. The van der Waals surface area contributed by atoms with Gasteiger partial charge in [0.05, 0.1) is 16.1 Å². The lowest BCUT2D eigenvalue weighted by Crippen LogP contribution is -2.41. The molecule has 0 heterocycles. The molecule has 0 aromatic heterocycles. The maximum atomic E-state index is 13.1. The van der Waals surface area contributed by atoms with Crippen LogP contribution in [0.25, 0.3) is 0 Å². The molecule has 0 spiro atoms. The number of hydrogen-bond acceptors (Lipinski definition) is 6. The molecule has 0 aliphatic rings. The smallest absolute Gasteiger partial charge is 0.339 e. The molecule has 1 atom stereocenters. The monoisotopic (exact) mass is 495 g/mol. The van der Waals surface area contributed by atoms with Crippen molar-refractivity contribution in [2.24, 2.45) is 0 Å². The maximum Gasteiger partial charge on any atom is 0.339 e. The Hall–Kier alpha value is -4.18. The summed E-state index contributed by atoms with van der Waals surface area (Å²) in [6.07, 6.45) is -1.39. The lowest BCUT2D eigenvalue weighted by molar-refractivity contribution is -0.129. The Kier molecular flexibility index (Phi) is 8.21. The van der Waals surface area contributed by atoms with Crippen LogP contribution < -0.4 is 14.9 Å². The van der Waals surface area contributed by atoms with Crippen LogP contribution in [0, 0.1) is 0 Å². The molecule has 0 radical (unpaired) electrons. The maximum absolute atomic E-state index is 13.1. The number of carbonyl (C=O) groups excluding carboxylic acids is 3. The van der Waals surface area contributed by atoms with E-state index in [-0.39, 0.29) is 17.0 Å². The van der Waals surface area contributed by atoms with Crippen LogP contribution in [0.5, 0.6) is 0 Å². The van der Waals surface area contributed by atoms with Gasteiger partial charge in [0.15, 0.2) is 0 Å². The van der Waals surface area contributed by atoms with Crippen LogP contribution in [0.1, 0.15) is 28.9 Å². The van der Waals surface area contributed by atoms with E-state index < -0.39 is 34.0 Å². The Bertz CT molecular complexity index is 1280. The first-order valence-corrected chi connectivity index (χ1v) is 12.2. The molecule has 9 nitrogen and oxygen atoms in total. The number of benzene rings is 3. The number of ether oxygens (including phenoxy) is 1. The SMILES string of the molecule is CCN(c1ccccc1)S(=O)(=O)c1ccc(C(=O)O[C@@H](C(=O)NC(=O)NC)c2ccccc2)cc1. The zero-order valence-electron chi connectivity index (χ0n) is 19.2. The van der Waals surface area contributed by atoms with E-state index in [4.69, 9.17) is 4.74 Å². The van der Waals surface area contributed by atoms with E-state index in [9.17, 15) is 22.8 Å². The number of esters is 1. The summed E-state index contributed by atoms with van der Waals surface area (Å²) in [5, 5.41) is 4.36. The van der Waals surface area contributed by atoms with E-state index >= 15 is 0 Å². The van der Waals surface area contributed by atoms with Crippen molar-refractivity contribution in [1.29, 1.82) is 0 Å². The molecule has 3 rings (SSSR count). The number of amides is 3. The van der Waals surface area contributed by atoms with Crippen LogP contribution >= 0.6 is 0 Å². The van der Waals surface area contributed by atoms with Crippen LogP contribution in [-0.2, 0) is 19.6 Å². The number of anilines is 1. The summed E-state index contributed by atoms with van der Waals surface area (Å²) >= 11 is 0. The highest BCUT2D eigenvalue weighted by molar-refractivity contribution is 7.92. The second-order valence-electron chi connectivity index (χ2n) is 7.29. The number of rotatable bonds is 8. The zero-order valence-corrected chi connectivity index (χ0v) is 20.0. The zero-order chi connectivity index (χ0) is 25.4. The van der Waals surface area contributed by atoms with E-state index in [2.05, 4.69) is 10.6 Å². The van der Waals surface area contributed by atoms with E-state index in [0.717, 1.165) is 0 Å². The van der Waals surface area contributed by atoms with Crippen LogP contribution in [0.3, 0.4) is 0 Å². The molecule has 3 aromatic rings. The molecular formula is C25H25N3O6S. The molecular weight excluding hydrogens is 470 g/mol. The number of carbonyl (C=O) groups is 3. The fourth-order valence-electron chi connectivity index (χ4n) is 3.29. The third-order valence-corrected chi connectivity index (χ3v) is 6.96. The van der Waals surface area contributed by atoms with Gasteiger partial charge in [0.1, 0.15) is 0 Å². The predicted molar refractivity (Wildman–Crippen MR) is 130 cm³/mol. The van der Waals surface area contributed by atoms with Gasteiger partial charge in [0, 0.05) is 19.2 Å². The fraction of sp³-hybridized carbons (Fsp3) is 0.160. The van der Waals surface area contributed by atoms with Gasteiger partial charge in [-0.15, -0.1) is 0 Å². The minimum Gasteiger partial charge on any atom is -0.444 e. The van der Waals surface area contributed by atoms with E-state index in [0.29, 0.717) is 11.3 Å². The average molecular weight is 496 g/mol. The lowest BCUT2D eigenvalue weighted by atomic mass is 10.1. The van der Waals surface area contributed by atoms with Crippen molar-refractivity contribution in [3.05, 3.63) is 96.1 Å². The van der Waals surface area contributed by atoms with Crippen molar-refractivity contribution in [3.63, 3.8) is 0 Å². The summed E-state index contributed by atoms with van der Waals surface area (Å²) in [7, 11) is -2.52. The number of sulfonamides is 1. The normalized spacial score (nSPS) is 11.7. The van der Waals surface area contributed by atoms with Gasteiger partial charge in [-0.3, -0.25) is 14.4 Å². The predicted octanol–water partition coefficient (Wildman–Crippen LogP) is 3.26. The first kappa shape index (κ1) is 25.4. The Balaban J connectivity index is 1.83. The van der Waals surface area contributed by atoms with Crippen molar-refractivity contribution in [1.82, 2.24) is 10.6 Å². The largest absolute Gasteiger partial charge is 0.444 e. The second kappa shape index (κ2) is 11.3. The average Bonchev–Trinajstić information content (AvgIpc) is 2.88. The van der Waals surface area contributed by atoms with Gasteiger partial charge in [-0.05, 0) is 43.3 Å². The van der Waals surface area contributed by atoms with E-state index in [1.54, 1.807) is 67.6 Å². The molecule has 0 aliphatic carbocycles. The van der Waals surface area contributed by atoms with Crippen molar-refractivity contribution >= 4 is 33.6 Å². The number of urea groups is 1. The molecule has 35 heavy (non-hydrogen) atoms. The third-order valence-electron chi connectivity index (χ3n) is 5.04. The molecule has 182 valence electrons. The number of nitrogens with zero attached hydrogens (tertiary/aromatic N) is 1. The topological polar surface area (TPSA) is 122 Å². The second-order valence-corrected chi connectivity index (χ2v) is 9.16. The summed E-state index contributed by atoms with van der Waals surface area (Å²) in [4.78, 5) is 37.0. The Morgan fingerprint density at radius 2 is 1.46 bits per heavy atom. The van der Waals surface area contributed by atoms with Gasteiger partial charge in [-0.25, -0.2) is 18.0 Å². The summed E-state index contributed by atoms with van der Waals surface area (Å²) < 4.78 is 33.0. The summed E-state index contributed by atoms with van der Waals surface area (Å²) in [6, 6.07) is 21.4. The molecule has 10 heteroatoms. The first-order valence-electron chi connectivity index (χ1n) is 10.7. The Labute approximate surface area is 203 Å². The molecule has 3 amide bonds. The van der Waals surface area contributed by atoms with Crippen molar-refractivity contribution < 1.29 is 27.5 Å². The first-order chi connectivity index (χ1) is 16.8. The minimum absolute atomic E-state index is 0.00303. The van der Waals surface area contributed by atoms with Gasteiger partial charge < -0.3 is 10.1 Å². The summed E-state index contributed by atoms with van der Waals surface area (Å²) in [5.74, 6) is -1.69. The minimum atomic E-state index is -3.87. The molecule has 0 saturated carbocycles. The quantitative estimate of drug-likeness (QED) is 0.463. The van der Waals surface area contributed by atoms with Crippen molar-refractivity contribution in [2.75, 3.05) is 17.9 Å². The molecule has 0 fully saturated rings. The van der Waals surface area contributed by atoms with Crippen molar-refractivity contribution in [3.8, 4) is 0 Å². The van der Waals surface area contributed by atoms with Gasteiger partial charge in [0.2, 0.25) is 6.10 Å². The van der Waals surface area contributed by atoms with Gasteiger partial charge >= 0.3 is 12.0 Å².